The highest BCUT2D eigenvalue weighted by molar-refractivity contribution is 5.29. The van der Waals surface area contributed by atoms with E-state index in [9.17, 15) is 0 Å². The highest BCUT2D eigenvalue weighted by Crippen LogP contribution is 2.44. The first kappa shape index (κ1) is 16.5. The summed E-state index contributed by atoms with van der Waals surface area (Å²) >= 11 is 0. The number of hydrogen-bond acceptors (Lipinski definition) is 2. The Morgan fingerprint density at radius 2 is 1.81 bits per heavy atom. The predicted octanol–water partition coefficient (Wildman–Crippen LogP) is 4.29. The lowest BCUT2D eigenvalue weighted by molar-refractivity contribution is 0.0417. The number of rotatable bonds is 8. The van der Waals surface area contributed by atoms with Crippen LogP contribution < -0.4 is 5.32 Å². The van der Waals surface area contributed by atoms with Crippen molar-refractivity contribution in [2.24, 2.45) is 0 Å². The maximum Gasteiger partial charge on any atom is 0.0631 e. The van der Waals surface area contributed by atoms with Crippen molar-refractivity contribution >= 4 is 0 Å². The van der Waals surface area contributed by atoms with Crippen molar-refractivity contribution in [2.75, 3.05) is 13.2 Å². The number of hydrogen-bond donors (Lipinski definition) is 1. The van der Waals surface area contributed by atoms with Gasteiger partial charge < -0.3 is 10.1 Å². The second-order valence-electron chi connectivity index (χ2n) is 6.62. The standard InChI is InChI=1S/C19H31NO/c1-4-14-20-18(15-21-16(2)3)19(12-8-9-13-19)17-10-6-5-7-11-17/h5-7,10-11,16,18,20H,4,8-9,12-15H2,1-3H3. The molecule has 1 aliphatic rings. The van der Waals surface area contributed by atoms with E-state index >= 15 is 0 Å². The molecule has 1 saturated carbocycles. The molecule has 0 saturated heterocycles. The zero-order valence-electron chi connectivity index (χ0n) is 13.9. The van der Waals surface area contributed by atoms with Crippen molar-refractivity contribution in [1.82, 2.24) is 5.32 Å². The molecule has 0 spiro atoms. The highest BCUT2D eigenvalue weighted by Gasteiger charge is 2.42. The summed E-state index contributed by atoms with van der Waals surface area (Å²) in [6.45, 7) is 8.37. The zero-order valence-corrected chi connectivity index (χ0v) is 13.9. The van der Waals surface area contributed by atoms with Gasteiger partial charge in [0.15, 0.2) is 0 Å². The van der Waals surface area contributed by atoms with Crippen molar-refractivity contribution in [2.45, 2.75) is 70.4 Å². The average molecular weight is 289 g/mol. The summed E-state index contributed by atoms with van der Waals surface area (Å²) < 4.78 is 6.00. The summed E-state index contributed by atoms with van der Waals surface area (Å²) in [6, 6.07) is 11.5. The van der Waals surface area contributed by atoms with Crippen LogP contribution in [0.5, 0.6) is 0 Å². The Hall–Kier alpha value is -0.860. The molecular weight excluding hydrogens is 258 g/mol. The average Bonchev–Trinajstić information content (AvgIpc) is 2.99. The molecule has 1 aliphatic carbocycles. The summed E-state index contributed by atoms with van der Waals surface area (Å²) in [5, 5.41) is 3.78. The van der Waals surface area contributed by atoms with Gasteiger partial charge in [0, 0.05) is 11.5 Å². The summed E-state index contributed by atoms with van der Waals surface area (Å²) in [4.78, 5) is 0. The van der Waals surface area contributed by atoms with Gasteiger partial charge in [-0.05, 0) is 45.2 Å². The molecule has 0 radical (unpaired) electrons. The Labute approximate surface area is 130 Å². The summed E-state index contributed by atoms with van der Waals surface area (Å²) in [5.74, 6) is 0. The third-order valence-corrected chi connectivity index (χ3v) is 4.75. The van der Waals surface area contributed by atoms with Crippen molar-refractivity contribution in [3.8, 4) is 0 Å². The molecule has 1 aromatic carbocycles. The molecule has 2 heteroatoms. The first-order valence-corrected chi connectivity index (χ1v) is 8.59. The molecule has 2 rings (SSSR count). The lowest BCUT2D eigenvalue weighted by Crippen LogP contribution is -2.50. The van der Waals surface area contributed by atoms with Crippen LogP contribution in [0.1, 0.15) is 58.4 Å². The Kier molecular flexibility index (Phi) is 6.25. The predicted molar refractivity (Wildman–Crippen MR) is 89.8 cm³/mol. The third-order valence-electron chi connectivity index (χ3n) is 4.75. The molecule has 1 aromatic rings. The van der Waals surface area contributed by atoms with E-state index in [0.717, 1.165) is 13.2 Å². The fourth-order valence-corrected chi connectivity index (χ4v) is 3.64. The van der Waals surface area contributed by atoms with Crippen LogP contribution >= 0.6 is 0 Å². The van der Waals surface area contributed by atoms with Crippen LogP contribution in [0.15, 0.2) is 30.3 Å². The molecule has 1 atom stereocenters. The van der Waals surface area contributed by atoms with Crippen molar-refractivity contribution in [1.29, 1.82) is 0 Å². The summed E-state index contributed by atoms with van der Waals surface area (Å²) in [5.41, 5.74) is 1.74. The Balaban J connectivity index is 2.22. The number of benzene rings is 1. The van der Waals surface area contributed by atoms with Gasteiger partial charge in [-0.25, -0.2) is 0 Å². The fourth-order valence-electron chi connectivity index (χ4n) is 3.64. The maximum absolute atomic E-state index is 6.00. The van der Waals surface area contributed by atoms with Crippen LogP contribution in [0.4, 0.5) is 0 Å². The molecule has 1 N–H and O–H groups in total. The quantitative estimate of drug-likeness (QED) is 0.771. The molecule has 118 valence electrons. The minimum Gasteiger partial charge on any atom is -0.377 e. The lowest BCUT2D eigenvalue weighted by Gasteiger charge is -2.39. The molecule has 1 unspecified atom stereocenters. The molecule has 0 aromatic heterocycles. The summed E-state index contributed by atoms with van der Waals surface area (Å²) in [6.07, 6.45) is 6.69. The summed E-state index contributed by atoms with van der Waals surface area (Å²) in [7, 11) is 0. The van der Waals surface area contributed by atoms with Crippen molar-refractivity contribution < 1.29 is 4.74 Å². The van der Waals surface area contributed by atoms with Crippen molar-refractivity contribution in [3.05, 3.63) is 35.9 Å². The molecule has 0 heterocycles. The van der Waals surface area contributed by atoms with Crippen LogP contribution in [0.2, 0.25) is 0 Å². The first-order valence-electron chi connectivity index (χ1n) is 8.59. The smallest absolute Gasteiger partial charge is 0.0631 e. The van der Waals surface area contributed by atoms with Gasteiger partial charge in [-0.2, -0.15) is 0 Å². The van der Waals surface area contributed by atoms with Crippen LogP contribution in [0.3, 0.4) is 0 Å². The van der Waals surface area contributed by atoms with E-state index in [0.29, 0.717) is 12.1 Å². The zero-order chi connectivity index (χ0) is 15.1. The fraction of sp³-hybridized carbons (Fsp3) is 0.684. The first-order chi connectivity index (χ1) is 10.2. The highest BCUT2D eigenvalue weighted by atomic mass is 16.5. The topological polar surface area (TPSA) is 21.3 Å². The largest absolute Gasteiger partial charge is 0.377 e. The van der Waals surface area contributed by atoms with Gasteiger partial charge in [-0.1, -0.05) is 50.1 Å². The second kappa shape index (κ2) is 7.95. The Morgan fingerprint density at radius 3 is 2.38 bits per heavy atom. The van der Waals surface area contributed by atoms with Gasteiger partial charge in [0.1, 0.15) is 0 Å². The van der Waals surface area contributed by atoms with Gasteiger partial charge in [0.25, 0.3) is 0 Å². The Bertz CT molecular complexity index is 395. The minimum absolute atomic E-state index is 0.255. The molecule has 1 fully saturated rings. The minimum atomic E-state index is 0.255. The van der Waals surface area contributed by atoms with Crippen LogP contribution in [0, 0.1) is 0 Å². The van der Waals surface area contributed by atoms with Crippen LogP contribution in [0.25, 0.3) is 0 Å². The van der Waals surface area contributed by atoms with Gasteiger partial charge in [0.2, 0.25) is 0 Å². The molecule has 0 bridgehead atoms. The normalized spacial score (nSPS) is 19.0. The van der Waals surface area contributed by atoms with Crippen LogP contribution in [-0.4, -0.2) is 25.3 Å². The lowest BCUT2D eigenvalue weighted by atomic mass is 9.72. The second-order valence-corrected chi connectivity index (χ2v) is 6.62. The SMILES string of the molecule is CCCNC(COC(C)C)C1(c2ccccc2)CCCC1. The van der Waals surface area contributed by atoms with Crippen molar-refractivity contribution in [3.63, 3.8) is 0 Å². The van der Waals surface area contributed by atoms with E-state index in [1.54, 1.807) is 0 Å². The molecule has 2 nitrogen and oxygen atoms in total. The van der Waals surface area contributed by atoms with E-state index in [2.05, 4.69) is 56.4 Å². The molecule has 0 aliphatic heterocycles. The van der Waals surface area contributed by atoms with Crippen LogP contribution in [-0.2, 0) is 10.2 Å². The Morgan fingerprint density at radius 1 is 1.14 bits per heavy atom. The molecular formula is C19H31NO. The van der Waals surface area contributed by atoms with Gasteiger partial charge in [0.05, 0.1) is 12.7 Å². The molecule has 0 amide bonds. The number of ether oxygens (including phenoxy) is 1. The van der Waals surface area contributed by atoms with E-state index in [-0.39, 0.29) is 5.41 Å². The van der Waals surface area contributed by atoms with E-state index in [1.807, 2.05) is 0 Å². The van der Waals surface area contributed by atoms with Gasteiger partial charge >= 0.3 is 0 Å². The van der Waals surface area contributed by atoms with E-state index in [4.69, 9.17) is 4.74 Å². The van der Waals surface area contributed by atoms with Gasteiger partial charge in [-0.3, -0.25) is 0 Å². The third kappa shape index (κ3) is 4.08. The monoisotopic (exact) mass is 289 g/mol. The maximum atomic E-state index is 6.00. The number of nitrogens with one attached hydrogen (secondary N) is 1. The van der Waals surface area contributed by atoms with Gasteiger partial charge in [-0.15, -0.1) is 0 Å². The van der Waals surface area contributed by atoms with E-state index in [1.165, 1.54) is 37.7 Å². The van der Waals surface area contributed by atoms with E-state index < -0.39 is 0 Å². The molecule has 21 heavy (non-hydrogen) atoms.